The minimum absolute atomic E-state index is 0.119. The molecule has 0 unspecified atom stereocenters. The Morgan fingerprint density at radius 3 is 2.50 bits per heavy atom. The number of nitrogens with zero attached hydrogens (tertiary/aromatic N) is 1. The van der Waals surface area contributed by atoms with Crippen molar-refractivity contribution in [2.75, 3.05) is 0 Å². The average molecular weight is 312 g/mol. The summed E-state index contributed by atoms with van der Waals surface area (Å²) in [4.78, 5) is 3.99. The van der Waals surface area contributed by atoms with Gasteiger partial charge in [-0.3, -0.25) is 4.98 Å². The second-order valence-electron chi connectivity index (χ2n) is 4.14. The van der Waals surface area contributed by atoms with Crippen LogP contribution in [0.5, 0.6) is 0 Å². The number of aromatic nitrogens is 1. The third-order valence-corrected chi connectivity index (χ3v) is 4.52. The Balaban J connectivity index is 2.16. The first-order valence-electron chi connectivity index (χ1n) is 5.90. The average Bonchev–Trinajstić information content (AvgIpc) is 2.46. The number of nitrogens with one attached hydrogen (secondary N) is 1. The second-order valence-corrected chi connectivity index (χ2v) is 6.31. The van der Waals surface area contributed by atoms with E-state index in [2.05, 4.69) is 9.71 Å². The molecule has 0 amide bonds. The smallest absolute Gasteiger partial charge is 0.240 e. The Morgan fingerprint density at radius 1 is 1.20 bits per heavy atom. The third-order valence-electron chi connectivity index (χ3n) is 2.77. The number of benzene rings is 1. The van der Waals surface area contributed by atoms with Gasteiger partial charge in [-0.1, -0.05) is 17.7 Å². The number of pyridine rings is 1. The van der Waals surface area contributed by atoms with Crippen LogP contribution in [0.15, 0.2) is 47.6 Å². The molecule has 0 radical (unpaired) electrons. The van der Waals surface area contributed by atoms with Gasteiger partial charge < -0.3 is 5.73 Å². The highest BCUT2D eigenvalue weighted by atomic mass is 35.5. The second kappa shape index (κ2) is 6.32. The van der Waals surface area contributed by atoms with Crippen LogP contribution in [0.1, 0.15) is 11.1 Å². The number of sulfonamides is 1. The van der Waals surface area contributed by atoms with E-state index in [1.807, 2.05) is 0 Å². The van der Waals surface area contributed by atoms with Crippen LogP contribution in [0.25, 0.3) is 0 Å². The SMILES string of the molecule is NCc1ccc(S(=O)(=O)NCc2ccncc2)cc1Cl. The molecule has 7 heteroatoms. The Morgan fingerprint density at radius 2 is 1.90 bits per heavy atom. The van der Waals surface area contributed by atoms with Crippen LogP contribution in [-0.2, 0) is 23.1 Å². The normalized spacial score (nSPS) is 11.5. The van der Waals surface area contributed by atoms with E-state index in [-0.39, 0.29) is 18.0 Å². The van der Waals surface area contributed by atoms with Crippen LogP contribution in [0.3, 0.4) is 0 Å². The number of rotatable bonds is 5. The predicted octanol–water partition coefficient (Wildman–Crippen LogP) is 1.67. The molecule has 0 atom stereocenters. The van der Waals surface area contributed by atoms with Gasteiger partial charge in [-0.2, -0.15) is 0 Å². The first kappa shape index (κ1) is 14.9. The highest BCUT2D eigenvalue weighted by Gasteiger charge is 2.15. The standard InChI is InChI=1S/C13H14ClN3O2S/c14-13-7-12(2-1-11(13)8-15)20(18,19)17-9-10-3-5-16-6-4-10/h1-7,17H,8-9,15H2. The highest BCUT2D eigenvalue weighted by Crippen LogP contribution is 2.20. The lowest BCUT2D eigenvalue weighted by atomic mass is 10.2. The molecule has 3 N–H and O–H groups in total. The third kappa shape index (κ3) is 3.55. The van der Waals surface area contributed by atoms with Gasteiger partial charge in [0.2, 0.25) is 10.0 Å². The molecule has 2 aromatic rings. The summed E-state index contributed by atoms with van der Waals surface area (Å²) in [6.07, 6.45) is 3.22. The molecular weight excluding hydrogens is 298 g/mol. The molecule has 1 heterocycles. The Bertz CT molecular complexity index is 690. The fraction of sp³-hybridized carbons (Fsp3) is 0.154. The maximum absolute atomic E-state index is 12.1. The summed E-state index contributed by atoms with van der Waals surface area (Å²) in [5.74, 6) is 0. The van der Waals surface area contributed by atoms with E-state index in [9.17, 15) is 8.42 Å². The fourth-order valence-corrected chi connectivity index (χ4v) is 2.99. The number of halogens is 1. The van der Waals surface area contributed by atoms with Crippen LogP contribution < -0.4 is 10.5 Å². The van der Waals surface area contributed by atoms with Crippen LogP contribution in [0.2, 0.25) is 5.02 Å². The largest absolute Gasteiger partial charge is 0.326 e. The van der Waals surface area contributed by atoms with Crippen molar-refractivity contribution in [3.05, 3.63) is 58.9 Å². The molecule has 0 saturated heterocycles. The highest BCUT2D eigenvalue weighted by molar-refractivity contribution is 7.89. The first-order valence-corrected chi connectivity index (χ1v) is 7.76. The lowest BCUT2D eigenvalue weighted by Crippen LogP contribution is -2.23. The maximum Gasteiger partial charge on any atom is 0.240 e. The number of nitrogens with two attached hydrogens (primary N) is 1. The molecule has 1 aromatic carbocycles. The fourth-order valence-electron chi connectivity index (χ4n) is 1.62. The molecule has 0 aliphatic heterocycles. The summed E-state index contributed by atoms with van der Waals surface area (Å²) in [7, 11) is -3.60. The molecule has 2 rings (SSSR count). The van der Waals surface area contributed by atoms with Crippen molar-refractivity contribution in [2.24, 2.45) is 5.73 Å². The van der Waals surface area contributed by atoms with Gasteiger partial charge in [-0.25, -0.2) is 13.1 Å². The summed E-state index contributed by atoms with van der Waals surface area (Å²) in [6, 6.07) is 7.99. The van der Waals surface area contributed by atoms with E-state index in [0.29, 0.717) is 10.6 Å². The molecule has 0 fully saturated rings. The van der Waals surface area contributed by atoms with E-state index < -0.39 is 10.0 Å². The number of hydrogen-bond donors (Lipinski definition) is 2. The van der Waals surface area contributed by atoms with Crippen LogP contribution in [-0.4, -0.2) is 13.4 Å². The van der Waals surface area contributed by atoms with Crippen molar-refractivity contribution in [3.8, 4) is 0 Å². The van der Waals surface area contributed by atoms with E-state index in [4.69, 9.17) is 17.3 Å². The van der Waals surface area contributed by atoms with Crippen molar-refractivity contribution in [1.82, 2.24) is 9.71 Å². The van der Waals surface area contributed by atoms with E-state index in [1.54, 1.807) is 30.6 Å². The van der Waals surface area contributed by atoms with Crippen molar-refractivity contribution in [1.29, 1.82) is 0 Å². The van der Waals surface area contributed by atoms with Gasteiger partial charge >= 0.3 is 0 Å². The Hall–Kier alpha value is -1.47. The van der Waals surface area contributed by atoms with Crippen LogP contribution >= 0.6 is 11.6 Å². The van der Waals surface area contributed by atoms with E-state index >= 15 is 0 Å². The zero-order valence-electron chi connectivity index (χ0n) is 10.6. The van der Waals surface area contributed by atoms with Gasteiger partial charge in [0.25, 0.3) is 0 Å². The molecule has 106 valence electrons. The van der Waals surface area contributed by atoms with Gasteiger partial charge in [-0.05, 0) is 35.4 Å². The molecule has 0 aliphatic carbocycles. The van der Waals surface area contributed by atoms with Crippen molar-refractivity contribution in [2.45, 2.75) is 18.0 Å². The molecule has 0 bridgehead atoms. The summed E-state index contributed by atoms with van der Waals surface area (Å²) in [6.45, 7) is 0.463. The first-order chi connectivity index (χ1) is 9.53. The quantitative estimate of drug-likeness (QED) is 0.879. The lowest BCUT2D eigenvalue weighted by molar-refractivity contribution is 0.581. The van der Waals surface area contributed by atoms with Gasteiger partial charge in [0.1, 0.15) is 0 Å². The summed E-state index contributed by atoms with van der Waals surface area (Å²) < 4.78 is 26.8. The summed E-state index contributed by atoms with van der Waals surface area (Å²) in [5, 5.41) is 0.347. The molecule has 0 aliphatic rings. The minimum atomic E-state index is -3.60. The van der Waals surface area contributed by atoms with Crippen LogP contribution in [0, 0.1) is 0 Å². The molecule has 5 nitrogen and oxygen atoms in total. The predicted molar refractivity (Wildman–Crippen MR) is 77.6 cm³/mol. The summed E-state index contributed by atoms with van der Waals surface area (Å²) >= 11 is 5.97. The maximum atomic E-state index is 12.1. The van der Waals surface area contributed by atoms with Gasteiger partial charge in [0, 0.05) is 30.5 Å². The van der Waals surface area contributed by atoms with Gasteiger partial charge in [0.15, 0.2) is 0 Å². The van der Waals surface area contributed by atoms with Gasteiger partial charge in [-0.15, -0.1) is 0 Å². The lowest BCUT2D eigenvalue weighted by Gasteiger charge is -2.08. The monoisotopic (exact) mass is 311 g/mol. The van der Waals surface area contributed by atoms with E-state index in [0.717, 1.165) is 5.56 Å². The summed E-state index contributed by atoms with van der Waals surface area (Å²) in [5.41, 5.74) is 7.02. The number of hydrogen-bond acceptors (Lipinski definition) is 4. The van der Waals surface area contributed by atoms with Crippen molar-refractivity contribution in [3.63, 3.8) is 0 Å². The Kier molecular flexibility index (Phi) is 4.72. The van der Waals surface area contributed by atoms with Crippen molar-refractivity contribution >= 4 is 21.6 Å². The molecule has 0 saturated carbocycles. The minimum Gasteiger partial charge on any atom is -0.326 e. The van der Waals surface area contributed by atoms with Gasteiger partial charge in [0.05, 0.1) is 4.90 Å². The zero-order valence-corrected chi connectivity index (χ0v) is 12.2. The van der Waals surface area contributed by atoms with Crippen molar-refractivity contribution < 1.29 is 8.42 Å². The zero-order chi connectivity index (χ0) is 14.6. The Labute approximate surface area is 122 Å². The van der Waals surface area contributed by atoms with Crippen LogP contribution in [0.4, 0.5) is 0 Å². The molecular formula is C13H14ClN3O2S. The molecule has 20 heavy (non-hydrogen) atoms. The molecule has 0 spiro atoms. The molecule has 1 aromatic heterocycles. The topological polar surface area (TPSA) is 85.1 Å². The van der Waals surface area contributed by atoms with E-state index in [1.165, 1.54) is 12.1 Å².